The Hall–Kier alpha value is -5.27. The molecule has 4 heterocycles. The number of benzene rings is 5. The molecule has 0 saturated carbocycles. The summed E-state index contributed by atoms with van der Waals surface area (Å²) in [5.74, 6) is 1.97. The summed E-state index contributed by atoms with van der Waals surface area (Å²) < 4.78 is 31.0. The first-order valence-electron chi connectivity index (χ1n) is 24.2. The van der Waals surface area contributed by atoms with Crippen molar-refractivity contribution in [2.45, 2.75) is 103 Å². The van der Waals surface area contributed by atoms with E-state index in [9.17, 15) is 9.59 Å². The number of nitrogens with zero attached hydrogens (tertiary/aromatic N) is 3. The molecule has 1 unspecified atom stereocenters. The van der Waals surface area contributed by atoms with E-state index in [-0.39, 0.29) is 44.7 Å². The Morgan fingerprint density at radius 2 is 1.24 bits per heavy atom. The van der Waals surface area contributed by atoms with E-state index in [1.54, 1.807) is 7.11 Å². The van der Waals surface area contributed by atoms with E-state index >= 15 is 0 Å². The maximum Gasteiger partial charge on any atom is 0.258 e. The summed E-state index contributed by atoms with van der Waals surface area (Å²) in [4.78, 5) is 34.8. The van der Waals surface area contributed by atoms with Crippen LogP contribution in [0, 0.1) is 6.92 Å². The van der Waals surface area contributed by atoms with Gasteiger partial charge in [-0.2, -0.15) is 0 Å². The molecule has 2 amide bonds. The summed E-state index contributed by atoms with van der Waals surface area (Å²) in [6, 6.07) is 31.3. The number of anilines is 3. The number of carbonyl (C=O) groups is 2. The van der Waals surface area contributed by atoms with Gasteiger partial charge in [0.05, 0.1) is 26.9 Å². The second-order valence-corrected chi connectivity index (χ2v) is 22.8. The second kappa shape index (κ2) is 20.8. The van der Waals surface area contributed by atoms with Crippen molar-refractivity contribution in [3.05, 3.63) is 141 Å². The highest BCUT2D eigenvalue weighted by Crippen LogP contribution is 2.42. The molecule has 3 atom stereocenters. The van der Waals surface area contributed by atoms with Gasteiger partial charge in [-0.15, -0.1) is 9.45 Å². The van der Waals surface area contributed by atoms with Gasteiger partial charge in [0.1, 0.15) is 19.0 Å². The van der Waals surface area contributed by atoms with E-state index in [4.69, 9.17) is 34.9 Å². The first-order valence-corrected chi connectivity index (χ1v) is 26.8. The zero-order valence-corrected chi connectivity index (χ0v) is 42.1. The maximum atomic E-state index is 14.2. The van der Waals surface area contributed by atoms with Gasteiger partial charge < -0.3 is 38.4 Å². The molecule has 5 aromatic carbocycles. The number of rotatable bonds is 19. The monoisotopic (exact) mass is 955 g/mol. The quantitative estimate of drug-likeness (QED) is 0.0751. The fourth-order valence-corrected chi connectivity index (χ4v) is 10.8. The summed E-state index contributed by atoms with van der Waals surface area (Å²) >= 11 is 5.91. The number of methoxy groups -OCH3 is 1. The summed E-state index contributed by atoms with van der Waals surface area (Å²) in [5.41, 5.74) is 11.8. The molecule has 4 aliphatic heterocycles. The smallest absolute Gasteiger partial charge is 0.258 e. The fraction of sp³-hybridized carbons (Fsp3) is 0.429. The Balaban J connectivity index is 0.995. The fourth-order valence-electron chi connectivity index (χ4n) is 10.3. The van der Waals surface area contributed by atoms with Crippen LogP contribution < -0.4 is 28.9 Å². The SMILES string of the molecule is CCCOCCOCCN(CC(C)(C)S(C)=S)c1cc(COc2cc3c(cc2C)C(=O)N2c4ccccc4C[C@H]2CC3)cc(COc2cc3c(cc2OC)C(=O)N2c4ccccc4C[C@H]2CC3)c1. The van der Waals surface area contributed by atoms with Crippen molar-refractivity contribution in [2.75, 3.05) is 67.6 Å². The van der Waals surface area contributed by atoms with Crippen LogP contribution in [0.5, 0.6) is 17.2 Å². The zero-order chi connectivity index (χ0) is 47.5. The van der Waals surface area contributed by atoms with Crippen molar-refractivity contribution in [3.63, 3.8) is 0 Å². The Morgan fingerprint density at radius 3 is 1.81 bits per heavy atom. The Labute approximate surface area is 409 Å². The molecule has 0 fully saturated rings. The maximum absolute atomic E-state index is 14.2. The topological polar surface area (TPSA) is 90.0 Å². The third-order valence-electron chi connectivity index (χ3n) is 14.1. The summed E-state index contributed by atoms with van der Waals surface area (Å²) in [6.07, 6.45) is 8.16. The van der Waals surface area contributed by atoms with E-state index in [1.807, 2.05) is 53.1 Å². The first-order chi connectivity index (χ1) is 32.9. The van der Waals surface area contributed by atoms with Gasteiger partial charge in [-0.3, -0.25) is 9.59 Å². The highest BCUT2D eigenvalue weighted by atomic mass is 32.8. The average molecular weight is 956 g/mol. The van der Waals surface area contributed by atoms with E-state index in [2.05, 4.69) is 86.5 Å². The van der Waals surface area contributed by atoms with Crippen molar-refractivity contribution in [1.29, 1.82) is 0 Å². The van der Waals surface area contributed by atoms with Gasteiger partial charge >= 0.3 is 0 Å². The molecule has 0 spiro atoms. The van der Waals surface area contributed by atoms with Crippen LogP contribution in [0.4, 0.5) is 17.1 Å². The van der Waals surface area contributed by atoms with Gasteiger partial charge in [-0.25, -0.2) is 0 Å². The van der Waals surface area contributed by atoms with Gasteiger partial charge in [0.15, 0.2) is 11.5 Å². The lowest BCUT2D eigenvalue weighted by Crippen LogP contribution is -2.43. The average Bonchev–Trinajstić information content (AvgIpc) is 3.83. The van der Waals surface area contributed by atoms with Crippen molar-refractivity contribution in [3.8, 4) is 17.2 Å². The lowest BCUT2D eigenvalue weighted by Gasteiger charge is -2.35. The molecule has 0 bridgehead atoms. The number of hydrogen-bond acceptors (Lipinski definition) is 9. The number of aryl methyl sites for hydroxylation is 3. The highest BCUT2D eigenvalue weighted by molar-refractivity contribution is 8.29. The van der Waals surface area contributed by atoms with Gasteiger partial charge in [0, 0.05) is 64.7 Å². The number of amides is 2. The Morgan fingerprint density at radius 1 is 0.691 bits per heavy atom. The van der Waals surface area contributed by atoms with Crippen LogP contribution in [0.3, 0.4) is 0 Å². The van der Waals surface area contributed by atoms with Crippen LogP contribution in [-0.4, -0.2) is 81.5 Å². The lowest BCUT2D eigenvalue weighted by atomic mass is 9.98. The third-order valence-corrected chi connectivity index (χ3v) is 17.1. The molecule has 0 N–H and O–H groups in total. The molecule has 10 nitrogen and oxygen atoms in total. The Kier molecular flexibility index (Phi) is 14.6. The largest absolute Gasteiger partial charge is 0.493 e. The molecule has 5 aromatic rings. The van der Waals surface area contributed by atoms with Crippen LogP contribution in [0.1, 0.15) is 99.7 Å². The zero-order valence-electron chi connectivity index (χ0n) is 40.4. The van der Waals surface area contributed by atoms with Gasteiger partial charge in [0.2, 0.25) is 0 Å². The van der Waals surface area contributed by atoms with E-state index in [1.165, 1.54) is 11.1 Å². The lowest BCUT2D eigenvalue weighted by molar-refractivity contribution is 0.0505. The number of ether oxygens (including phenoxy) is 5. The molecule has 68 heavy (non-hydrogen) atoms. The molecule has 0 aromatic heterocycles. The second-order valence-electron chi connectivity index (χ2n) is 19.3. The normalized spacial score (nSPS) is 17.6. The minimum absolute atomic E-state index is 0.00608. The summed E-state index contributed by atoms with van der Waals surface area (Å²) in [6.45, 7) is 12.9. The first kappa shape index (κ1) is 47.8. The predicted octanol–water partition coefficient (Wildman–Crippen LogP) is 9.94. The highest BCUT2D eigenvalue weighted by Gasteiger charge is 2.39. The van der Waals surface area contributed by atoms with Crippen molar-refractivity contribution >= 4 is 49.5 Å². The number of para-hydroxylation sites is 2. The Bertz CT molecular complexity index is 2700. The molecule has 358 valence electrons. The number of fused-ring (bicyclic) bond motifs is 8. The van der Waals surface area contributed by atoms with E-state index in [0.717, 1.165) is 114 Å². The molecule has 9 rings (SSSR count). The molecule has 4 aliphatic rings. The molecule has 12 heteroatoms. The summed E-state index contributed by atoms with van der Waals surface area (Å²) in [5, 5.41) is 0. The number of carbonyl (C=O) groups excluding carboxylic acids is 2. The van der Waals surface area contributed by atoms with Crippen LogP contribution >= 0.6 is 0 Å². The van der Waals surface area contributed by atoms with E-state index in [0.29, 0.717) is 50.0 Å². The van der Waals surface area contributed by atoms with Crippen LogP contribution in [0.15, 0.2) is 91.0 Å². The minimum atomic E-state index is -0.279. The van der Waals surface area contributed by atoms with Crippen molar-refractivity contribution in [2.24, 2.45) is 0 Å². The minimum Gasteiger partial charge on any atom is -0.493 e. The standard InChI is InChI=1S/C56H65N3O7S2/c1-7-21-63-23-24-64-22-20-57(36-56(3,4)68(6)67)46-27-38(34-65-51-31-40-16-18-44-29-42-12-8-10-14-49(42)58(44)54(60)47(40)25-37(51)2)26-39(28-46)35-66-53-32-41-17-19-45-30-43-13-9-11-15-50(43)59(45)55(61)48(41)33-52(53)62-5/h8-15,25-28,31-33,44-45H,7,16-24,29-30,34-36H2,1-6H3/t44-,45-,68?/m1/s1. The molecule has 0 aliphatic carbocycles. The molecular weight excluding hydrogens is 891 g/mol. The van der Waals surface area contributed by atoms with Gasteiger partial charge in [0.25, 0.3) is 11.8 Å². The van der Waals surface area contributed by atoms with E-state index < -0.39 is 0 Å². The molecule has 0 saturated heterocycles. The third kappa shape index (κ3) is 10.1. The predicted molar refractivity (Wildman–Crippen MR) is 276 cm³/mol. The van der Waals surface area contributed by atoms with Gasteiger partial charge in [-0.1, -0.05) is 54.5 Å². The van der Waals surface area contributed by atoms with Crippen LogP contribution in [-0.2, 0) is 69.0 Å². The van der Waals surface area contributed by atoms with Crippen molar-refractivity contribution < 1.29 is 33.3 Å². The van der Waals surface area contributed by atoms with Crippen LogP contribution in [0.2, 0.25) is 0 Å². The number of hydrogen-bond donors (Lipinski definition) is 0. The molecular formula is C56H65N3O7S2. The van der Waals surface area contributed by atoms with Crippen LogP contribution in [0.25, 0.3) is 0 Å². The van der Waals surface area contributed by atoms with Crippen molar-refractivity contribution in [1.82, 2.24) is 0 Å². The molecule has 0 radical (unpaired) electrons. The summed E-state index contributed by atoms with van der Waals surface area (Å²) in [7, 11) is 1.35. The van der Waals surface area contributed by atoms with Gasteiger partial charge in [-0.05, 0) is 166 Å².